The number of aromatic carboxylic acids is 1. The van der Waals surface area contributed by atoms with Crippen molar-refractivity contribution in [3.05, 3.63) is 36.0 Å². The van der Waals surface area contributed by atoms with Crippen LogP contribution in [0.15, 0.2) is 34.9 Å². The Hall–Kier alpha value is -2.30. The van der Waals surface area contributed by atoms with Crippen LogP contribution in [0.25, 0.3) is 11.3 Å². The molecular weight excluding hydrogens is 246 g/mol. The molecule has 1 aromatic carbocycles. The molecule has 0 bridgehead atoms. The van der Waals surface area contributed by atoms with Crippen LogP contribution in [0.2, 0.25) is 0 Å². The van der Waals surface area contributed by atoms with Gasteiger partial charge in [0.25, 0.3) is 0 Å². The van der Waals surface area contributed by atoms with Gasteiger partial charge in [0.15, 0.2) is 11.5 Å². The first-order chi connectivity index (χ1) is 9.22. The standard InChI is InChI=1S/C14H13NO4/c16-14(17)12-8-13(19-15-12)9-3-1-6-11(7-9)18-10-4-2-5-10/h1,3,6-8,10H,2,4-5H2,(H,16,17). The summed E-state index contributed by atoms with van der Waals surface area (Å²) in [5, 5.41) is 12.3. The molecule has 0 unspecified atom stereocenters. The van der Waals surface area contributed by atoms with Gasteiger partial charge in [0.2, 0.25) is 0 Å². The molecule has 1 aliphatic carbocycles. The molecule has 0 amide bonds. The minimum absolute atomic E-state index is 0.0969. The van der Waals surface area contributed by atoms with E-state index in [1.807, 2.05) is 24.3 Å². The maximum Gasteiger partial charge on any atom is 0.358 e. The molecule has 1 aromatic heterocycles. The van der Waals surface area contributed by atoms with Gasteiger partial charge in [0.1, 0.15) is 5.75 Å². The quantitative estimate of drug-likeness (QED) is 0.913. The number of hydrogen-bond acceptors (Lipinski definition) is 4. The highest BCUT2D eigenvalue weighted by atomic mass is 16.5. The highest BCUT2D eigenvalue weighted by Crippen LogP contribution is 2.28. The van der Waals surface area contributed by atoms with Gasteiger partial charge in [0.05, 0.1) is 6.10 Å². The van der Waals surface area contributed by atoms with Crippen LogP contribution in [-0.4, -0.2) is 22.3 Å². The van der Waals surface area contributed by atoms with Gasteiger partial charge < -0.3 is 14.4 Å². The van der Waals surface area contributed by atoms with Crippen LogP contribution in [0.5, 0.6) is 5.75 Å². The third-order valence-electron chi connectivity index (χ3n) is 3.20. The molecule has 0 atom stereocenters. The molecule has 1 heterocycles. The predicted octanol–water partition coefficient (Wildman–Crippen LogP) is 2.97. The first-order valence-corrected chi connectivity index (χ1v) is 6.19. The van der Waals surface area contributed by atoms with Gasteiger partial charge in [-0.2, -0.15) is 0 Å². The fourth-order valence-electron chi connectivity index (χ4n) is 1.92. The number of carboxylic acid groups (broad SMARTS) is 1. The van der Waals surface area contributed by atoms with Gasteiger partial charge in [-0.25, -0.2) is 4.79 Å². The number of carboxylic acids is 1. The molecule has 1 aliphatic rings. The van der Waals surface area contributed by atoms with Crippen molar-refractivity contribution < 1.29 is 19.2 Å². The third kappa shape index (κ3) is 2.45. The lowest BCUT2D eigenvalue weighted by Gasteiger charge is -2.26. The average molecular weight is 259 g/mol. The normalized spacial score (nSPS) is 14.9. The molecule has 1 fully saturated rings. The number of rotatable bonds is 4. The summed E-state index contributed by atoms with van der Waals surface area (Å²) < 4.78 is 10.8. The summed E-state index contributed by atoms with van der Waals surface area (Å²) >= 11 is 0. The van der Waals surface area contributed by atoms with Crippen molar-refractivity contribution in [2.45, 2.75) is 25.4 Å². The summed E-state index contributed by atoms with van der Waals surface area (Å²) in [6.07, 6.45) is 3.71. The van der Waals surface area contributed by atoms with Crippen LogP contribution in [-0.2, 0) is 0 Å². The molecule has 0 radical (unpaired) electrons. The first kappa shape index (κ1) is 11.8. The Morgan fingerprint density at radius 2 is 2.21 bits per heavy atom. The molecule has 0 saturated heterocycles. The van der Waals surface area contributed by atoms with Crippen molar-refractivity contribution in [3.63, 3.8) is 0 Å². The van der Waals surface area contributed by atoms with Crippen LogP contribution in [0.4, 0.5) is 0 Å². The van der Waals surface area contributed by atoms with E-state index in [0.717, 1.165) is 24.2 Å². The van der Waals surface area contributed by atoms with Crippen molar-refractivity contribution in [1.29, 1.82) is 0 Å². The van der Waals surface area contributed by atoms with Crippen molar-refractivity contribution >= 4 is 5.97 Å². The lowest BCUT2D eigenvalue weighted by atomic mass is 9.96. The van der Waals surface area contributed by atoms with Gasteiger partial charge >= 0.3 is 5.97 Å². The van der Waals surface area contributed by atoms with Gasteiger partial charge in [0, 0.05) is 11.6 Å². The molecular formula is C14H13NO4. The Morgan fingerprint density at radius 1 is 1.37 bits per heavy atom. The minimum Gasteiger partial charge on any atom is -0.490 e. The van der Waals surface area contributed by atoms with E-state index in [4.69, 9.17) is 14.4 Å². The molecule has 98 valence electrons. The molecule has 1 saturated carbocycles. The molecule has 1 N–H and O–H groups in total. The molecule has 3 rings (SSSR count). The Kier molecular flexibility index (Phi) is 2.95. The summed E-state index contributed by atoms with van der Waals surface area (Å²) in [5.41, 5.74) is 0.664. The van der Waals surface area contributed by atoms with E-state index in [2.05, 4.69) is 5.16 Å². The number of ether oxygens (including phenoxy) is 1. The Balaban J connectivity index is 1.82. The zero-order chi connectivity index (χ0) is 13.2. The second-order valence-corrected chi connectivity index (χ2v) is 4.58. The highest BCUT2D eigenvalue weighted by Gasteiger charge is 2.19. The Bertz CT molecular complexity index is 601. The van der Waals surface area contributed by atoms with E-state index in [1.54, 1.807) is 0 Å². The first-order valence-electron chi connectivity index (χ1n) is 6.19. The van der Waals surface area contributed by atoms with Crippen LogP contribution in [0.1, 0.15) is 29.8 Å². The topological polar surface area (TPSA) is 72.6 Å². The van der Waals surface area contributed by atoms with Crippen LogP contribution >= 0.6 is 0 Å². The largest absolute Gasteiger partial charge is 0.490 e. The third-order valence-corrected chi connectivity index (χ3v) is 3.20. The van der Waals surface area contributed by atoms with Gasteiger partial charge in [-0.1, -0.05) is 17.3 Å². The SMILES string of the molecule is O=C(O)c1cc(-c2cccc(OC3CCC3)c2)on1. The highest BCUT2D eigenvalue weighted by molar-refractivity contribution is 5.86. The van der Waals surface area contributed by atoms with E-state index in [-0.39, 0.29) is 5.69 Å². The van der Waals surface area contributed by atoms with Crippen molar-refractivity contribution in [3.8, 4) is 17.1 Å². The molecule has 0 spiro atoms. The van der Waals surface area contributed by atoms with Gasteiger partial charge in [-0.15, -0.1) is 0 Å². The number of hydrogen-bond donors (Lipinski definition) is 1. The summed E-state index contributed by atoms with van der Waals surface area (Å²) in [4.78, 5) is 10.8. The summed E-state index contributed by atoms with van der Waals surface area (Å²) in [6.45, 7) is 0. The molecule has 5 heteroatoms. The summed E-state index contributed by atoms with van der Waals surface area (Å²) in [7, 11) is 0. The summed E-state index contributed by atoms with van der Waals surface area (Å²) in [5.74, 6) is 0.101. The van der Waals surface area contributed by atoms with E-state index < -0.39 is 5.97 Å². The minimum atomic E-state index is -1.10. The Morgan fingerprint density at radius 3 is 2.84 bits per heavy atom. The van der Waals surface area contributed by atoms with E-state index in [0.29, 0.717) is 11.9 Å². The molecule has 0 aliphatic heterocycles. The number of nitrogens with zero attached hydrogens (tertiary/aromatic N) is 1. The van der Waals surface area contributed by atoms with Crippen LogP contribution < -0.4 is 4.74 Å². The smallest absolute Gasteiger partial charge is 0.358 e. The maximum atomic E-state index is 10.8. The van der Waals surface area contributed by atoms with Crippen molar-refractivity contribution in [2.75, 3.05) is 0 Å². The fraction of sp³-hybridized carbons (Fsp3) is 0.286. The van der Waals surface area contributed by atoms with Gasteiger partial charge in [-0.3, -0.25) is 0 Å². The van der Waals surface area contributed by atoms with Crippen LogP contribution in [0, 0.1) is 0 Å². The second-order valence-electron chi connectivity index (χ2n) is 4.58. The van der Waals surface area contributed by atoms with Crippen molar-refractivity contribution in [2.24, 2.45) is 0 Å². The molecule has 2 aromatic rings. The van der Waals surface area contributed by atoms with E-state index in [9.17, 15) is 4.79 Å². The van der Waals surface area contributed by atoms with Crippen LogP contribution in [0.3, 0.4) is 0 Å². The maximum absolute atomic E-state index is 10.8. The van der Waals surface area contributed by atoms with E-state index in [1.165, 1.54) is 12.5 Å². The van der Waals surface area contributed by atoms with Crippen molar-refractivity contribution in [1.82, 2.24) is 5.16 Å². The fourth-order valence-corrected chi connectivity index (χ4v) is 1.92. The average Bonchev–Trinajstić information content (AvgIpc) is 2.84. The number of aromatic nitrogens is 1. The lowest BCUT2D eigenvalue weighted by Crippen LogP contribution is -2.24. The number of benzene rings is 1. The van der Waals surface area contributed by atoms with Gasteiger partial charge in [-0.05, 0) is 31.4 Å². The summed E-state index contributed by atoms with van der Waals surface area (Å²) in [6, 6.07) is 8.82. The molecule has 19 heavy (non-hydrogen) atoms. The Labute approximate surface area is 109 Å². The second kappa shape index (κ2) is 4.76. The lowest BCUT2D eigenvalue weighted by molar-refractivity contribution is 0.0686. The zero-order valence-electron chi connectivity index (χ0n) is 10.2. The predicted molar refractivity (Wildman–Crippen MR) is 67.2 cm³/mol. The monoisotopic (exact) mass is 259 g/mol. The molecule has 5 nitrogen and oxygen atoms in total. The van der Waals surface area contributed by atoms with E-state index >= 15 is 0 Å². The number of carbonyl (C=O) groups is 1. The zero-order valence-corrected chi connectivity index (χ0v) is 10.2.